The third-order valence-electron chi connectivity index (χ3n) is 5.58. The molecule has 0 radical (unpaired) electrons. The van der Waals surface area contributed by atoms with Gasteiger partial charge in [0.25, 0.3) is 0 Å². The van der Waals surface area contributed by atoms with Gasteiger partial charge in [-0.25, -0.2) is 0 Å². The Morgan fingerprint density at radius 2 is 1.74 bits per heavy atom. The molecule has 1 aromatic rings. The molecule has 4 saturated carbocycles. The van der Waals surface area contributed by atoms with E-state index < -0.39 is 0 Å². The summed E-state index contributed by atoms with van der Waals surface area (Å²) < 4.78 is 5.64. The van der Waals surface area contributed by atoms with Crippen molar-refractivity contribution < 1.29 is 4.42 Å². The highest BCUT2D eigenvalue weighted by atomic mass is 16.4. The van der Waals surface area contributed by atoms with Gasteiger partial charge in [0.15, 0.2) is 0 Å². The van der Waals surface area contributed by atoms with Gasteiger partial charge in [0, 0.05) is 11.0 Å². The Morgan fingerprint density at radius 3 is 2.21 bits per heavy atom. The maximum atomic E-state index is 5.64. The Balaban J connectivity index is 1.66. The van der Waals surface area contributed by atoms with Crippen molar-refractivity contribution in [3.05, 3.63) is 18.4 Å². The van der Waals surface area contributed by atoms with Gasteiger partial charge >= 0.3 is 0 Å². The predicted octanol–water partition coefficient (Wildman–Crippen LogP) is 2.76. The van der Waals surface area contributed by atoms with Crippen LogP contribution in [0.4, 0.5) is 0 Å². The summed E-state index contributed by atoms with van der Waals surface area (Å²) in [5, 5.41) is 8.13. The second kappa shape index (κ2) is 3.92. The highest BCUT2D eigenvalue weighted by Crippen LogP contribution is 2.63. The summed E-state index contributed by atoms with van der Waals surface area (Å²) in [6.45, 7) is 4.63. The summed E-state index contributed by atoms with van der Waals surface area (Å²) in [5.74, 6) is 3.85. The number of nitrogens with two attached hydrogens (primary N) is 1. The number of allylic oxidation sites excluding steroid dienone is 1. The minimum atomic E-state index is 0.243. The Labute approximate surface area is 113 Å². The molecule has 5 rings (SSSR count). The van der Waals surface area contributed by atoms with Gasteiger partial charge in [-0.05, 0) is 56.3 Å². The molecule has 1 aromatic heterocycles. The summed E-state index contributed by atoms with van der Waals surface area (Å²) in [5.41, 5.74) is 6.87. The fourth-order valence-electron chi connectivity index (χ4n) is 5.17. The van der Waals surface area contributed by atoms with E-state index in [1.807, 2.05) is 0 Å². The molecule has 0 saturated heterocycles. The van der Waals surface area contributed by atoms with Crippen LogP contribution in [0.3, 0.4) is 0 Å². The molecule has 1 heterocycles. The Kier molecular flexibility index (Phi) is 2.40. The van der Waals surface area contributed by atoms with Gasteiger partial charge < -0.3 is 10.2 Å². The number of nitrogens with zero attached hydrogens (tertiary/aromatic N) is 2. The minimum absolute atomic E-state index is 0.243. The largest absolute Gasteiger partial charge is 0.420 e. The molecule has 4 bridgehead atoms. The molecular formula is C15H21N3O. The van der Waals surface area contributed by atoms with Crippen molar-refractivity contribution in [2.24, 2.45) is 28.9 Å². The highest BCUT2D eigenvalue weighted by molar-refractivity contribution is 5.62. The van der Waals surface area contributed by atoms with Crippen molar-refractivity contribution in [2.75, 3.05) is 0 Å². The van der Waals surface area contributed by atoms with Gasteiger partial charge in [-0.1, -0.05) is 6.58 Å². The highest BCUT2D eigenvalue weighted by Gasteiger charge is 2.53. The smallest absolute Gasteiger partial charge is 0.243 e. The van der Waals surface area contributed by atoms with Crippen LogP contribution in [0.25, 0.3) is 5.57 Å². The monoisotopic (exact) mass is 259 g/mol. The summed E-state index contributed by atoms with van der Waals surface area (Å²) >= 11 is 0. The summed E-state index contributed by atoms with van der Waals surface area (Å²) in [7, 11) is 0. The zero-order valence-corrected chi connectivity index (χ0v) is 11.3. The second-order valence-electron chi connectivity index (χ2n) is 6.88. The lowest BCUT2D eigenvalue weighted by atomic mass is 9.48. The first kappa shape index (κ1) is 11.6. The van der Waals surface area contributed by atoms with E-state index in [1.54, 1.807) is 0 Å². The number of hydrogen-bond acceptors (Lipinski definition) is 4. The number of hydrogen-bond donors (Lipinski definition) is 1. The van der Waals surface area contributed by atoms with Crippen LogP contribution >= 0.6 is 0 Å². The third kappa shape index (κ3) is 1.69. The maximum absolute atomic E-state index is 5.64. The predicted molar refractivity (Wildman–Crippen MR) is 71.8 cm³/mol. The van der Waals surface area contributed by atoms with Crippen LogP contribution in [0.15, 0.2) is 11.0 Å². The fraction of sp³-hybridized carbons (Fsp3) is 0.733. The lowest BCUT2D eigenvalue weighted by molar-refractivity contribution is -0.0185. The van der Waals surface area contributed by atoms with E-state index in [-0.39, 0.29) is 5.41 Å². The van der Waals surface area contributed by atoms with Crippen LogP contribution in [-0.2, 0) is 6.54 Å². The van der Waals surface area contributed by atoms with Crippen molar-refractivity contribution in [3.8, 4) is 0 Å². The molecule has 0 atom stereocenters. The molecule has 0 amide bonds. The van der Waals surface area contributed by atoms with Gasteiger partial charge in [-0.15, -0.1) is 10.2 Å². The summed E-state index contributed by atoms with van der Waals surface area (Å²) in [6.07, 6.45) is 8.13. The fourth-order valence-corrected chi connectivity index (χ4v) is 5.17. The van der Waals surface area contributed by atoms with Crippen molar-refractivity contribution in [1.82, 2.24) is 10.2 Å². The molecular weight excluding hydrogens is 238 g/mol. The molecule has 102 valence electrons. The molecule has 4 aliphatic carbocycles. The molecule has 4 fully saturated rings. The Bertz CT molecular complexity index is 484. The normalized spacial score (nSPS) is 39.7. The van der Waals surface area contributed by atoms with E-state index in [1.165, 1.54) is 38.5 Å². The molecule has 19 heavy (non-hydrogen) atoms. The summed E-state index contributed by atoms with van der Waals surface area (Å²) in [4.78, 5) is 0. The lowest BCUT2D eigenvalue weighted by Gasteiger charge is -2.57. The van der Waals surface area contributed by atoms with Gasteiger partial charge in [-0.2, -0.15) is 0 Å². The Hall–Kier alpha value is -1.16. The summed E-state index contributed by atoms with van der Waals surface area (Å²) in [6, 6.07) is 0. The lowest BCUT2D eigenvalue weighted by Crippen LogP contribution is -2.46. The van der Waals surface area contributed by atoms with Gasteiger partial charge in [-0.3, -0.25) is 0 Å². The van der Waals surface area contributed by atoms with Crippen LogP contribution in [-0.4, -0.2) is 10.2 Å². The van der Waals surface area contributed by atoms with E-state index in [4.69, 9.17) is 10.2 Å². The van der Waals surface area contributed by atoms with E-state index in [9.17, 15) is 0 Å². The molecule has 0 aromatic carbocycles. The molecule has 0 unspecified atom stereocenters. The second-order valence-corrected chi connectivity index (χ2v) is 6.88. The first-order chi connectivity index (χ1) is 9.18. The van der Waals surface area contributed by atoms with Gasteiger partial charge in [0.05, 0.1) is 6.54 Å². The average Bonchev–Trinajstić information content (AvgIpc) is 2.84. The van der Waals surface area contributed by atoms with Crippen LogP contribution in [0.1, 0.15) is 50.3 Å². The molecule has 4 heteroatoms. The van der Waals surface area contributed by atoms with E-state index in [2.05, 4.69) is 16.8 Å². The van der Waals surface area contributed by atoms with Gasteiger partial charge in [0.2, 0.25) is 11.8 Å². The zero-order chi connectivity index (χ0) is 13.0. The SMILES string of the molecule is C=C(c1nnc(CN)o1)C12CC3CC(CC(C3)C1)C2. The topological polar surface area (TPSA) is 64.9 Å². The van der Waals surface area contributed by atoms with Crippen molar-refractivity contribution in [2.45, 2.75) is 45.1 Å². The maximum Gasteiger partial charge on any atom is 0.243 e. The van der Waals surface area contributed by atoms with Crippen molar-refractivity contribution in [3.63, 3.8) is 0 Å². The Morgan fingerprint density at radius 1 is 1.16 bits per heavy atom. The first-order valence-corrected chi connectivity index (χ1v) is 7.41. The molecule has 0 aliphatic heterocycles. The zero-order valence-electron chi connectivity index (χ0n) is 11.3. The van der Waals surface area contributed by atoms with Crippen LogP contribution < -0.4 is 5.73 Å². The van der Waals surface area contributed by atoms with E-state index in [0.717, 1.165) is 23.3 Å². The third-order valence-corrected chi connectivity index (χ3v) is 5.58. The van der Waals surface area contributed by atoms with Crippen LogP contribution in [0.2, 0.25) is 0 Å². The van der Waals surface area contributed by atoms with Crippen LogP contribution in [0.5, 0.6) is 0 Å². The molecule has 4 aliphatic rings. The molecule has 0 spiro atoms. The first-order valence-electron chi connectivity index (χ1n) is 7.41. The van der Waals surface area contributed by atoms with Crippen LogP contribution in [0, 0.1) is 23.2 Å². The number of aromatic nitrogens is 2. The van der Waals surface area contributed by atoms with Crippen molar-refractivity contribution >= 4 is 5.57 Å². The standard InChI is InChI=1S/C15H21N3O/c1-9(14-18-17-13(8-16)19-14)15-5-10-2-11(6-15)4-12(3-10)7-15/h10-12H,1-8,16H2. The van der Waals surface area contributed by atoms with Crippen molar-refractivity contribution in [1.29, 1.82) is 0 Å². The average molecular weight is 259 g/mol. The quantitative estimate of drug-likeness (QED) is 0.906. The molecule has 2 N–H and O–H groups in total. The minimum Gasteiger partial charge on any atom is -0.420 e. The van der Waals surface area contributed by atoms with E-state index in [0.29, 0.717) is 18.3 Å². The van der Waals surface area contributed by atoms with Gasteiger partial charge in [0.1, 0.15) is 0 Å². The number of rotatable bonds is 3. The van der Waals surface area contributed by atoms with E-state index >= 15 is 0 Å². The molecule has 4 nitrogen and oxygen atoms in total.